The van der Waals surface area contributed by atoms with E-state index in [2.05, 4.69) is 36.6 Å². The second-order valence-corrected chi connectivity index (χ2v) is 13.8. The summed E-state index contributed by atoms with van der Waals surface area (Å²) in [5.74, 6) is 2.44. The molecule has 0 amide bonds. The molecule has 0 spiro atoms. The number of carbonyl (C=O) groups is 2. The molecule has 4 fully saturated rings. The number of hydrazone groups is 1. The van der Waals surface area contributed by atoms with E-state index in [1.807, 2.05) is 0 Å². The van der Waals surface area contributed by atoms with Crippen LogP contribution >= 0.6 is 12.2 Å². The number of halogens is 1. The van der Waals surface area contributed by atoms with Gasteiger partial charge in [0.05, 0.1) is 7.11 Å². The number of hydrogen-bond donors (Lipinski definition) is 2. The molecule has 1 aromatic rings. The minimum Gasteiger partial charge on any atom is -0.469 e. The van der Waals surface area contributed by atoms with Gasteiger partial charge in [0.25, 0.3) is 0 Å². The molecule has 218 valence electrons. The molecule has 8 atom stereocenters. The van der Waals surface area contributed by atoms with Crippen molar-refractivity contribution < 1.29 is 18.7 Å². The Bertz CT molecular complexity index is 1170. The van der Waals surface area contributed by atoms with Crippen molar-refractivity contribution in [1.29, 1.82) is 0 Å². The van der Waals surface area contributed by atoms with Crippen LogP contribution in [0.15, 0.2) is 29.4 Å². The summed E-state index contributed by atoms with van der Waals surface area (Å²) in [6, 6.07) is 6.05. The fourth-order valence-electron chi connectivity index (χ4n) is 9.29. The van der Waals surface area contributed by atoms with Gasteiger partial charge in [0.15, 0.2) is 5.11 Å². The Labute approximate surface area is 243 Å². The zero-order chi connectivity index (χ0) is 28.7. The van der Waals surface area contributed by atoms with Gasteiger partial charge in [-0.25, -0.2) is 4.39 Å². The number of anilines is 1. The highest BCUT2D eigenvalue weighted by atomic mass is 32.1. The van der Waals surface area contributed by atoms with Gasteiger partial charge in [0.2, 0.25) is 0 Å². The normalized spacial score (nSPS) is 36.7. The monoisotopic (exact) mass is 569 g/mol. The van der Waals surface area contributed by atoms with Crippen LogP contribution in [0.25, 0.3) is 0 Å². The average Bonchev–Trinajstić information content (AvgIpc) is 3.29. The van der Waals surface area contributed by atoms with Crippen LogP contribution in [0.2, 0.25) is 0 Å². The topological polar surface area (TPSA) is 79.8 Å². The molecule has 40 heavy (non-hydrogen) atoms. The predicted molar refractivity (Wildman–Crippen MR) is 159 cm³/mol. The van der Waals surface area contributed by atoms with Gasteiger partial charge in [-0.15, -0.1) is 0 Å². The lowest BCUT2D eigenvalue weighted by molar-refractivity contribution is -0.153. The van der Waals surface area contributed by atoms with Crippen LogP contribution < -0.4 is 10.7 Å². The number of hydrogen-bond acceptors (Lipinski definition) is 5. The van der Waals surface area contributed by atoms with Crippen LogP contribution in [0.3, 0.4) is 0 Å². The first-order valence-corrected chi connectivity index (χ1v) is 15.4. The SMILES string of the molecule is COC(=O)CC[C@@H](C)[C@H]1CC[C@H]2[C@@H]3C(=O)C[C@@H]4C/C(=N\NC(=S)Nc5ccc(F)cc5)CC[C@]4(C)[C@H]3CC[C@]12C. The van der Waals surface area contributed by atoms with E-state index in [1.165, 1.54) is 25.7 Å². The molecule has 2 N–H and O–H groups in total. The minimum absolute atomic E-state index is 0.127. The number of rotatable bonds is 6. The van der Waals surface area contributed by atoms with Gasteiger partial charge >= 0.3 is 5.97 Å². The largest absolute Gasteiger partial charge is 0.469 e. The number of fused-ring (bicyclic) bond motifs is 5. The van der Waals surface area contributed by atoms with Crippen molar-refractivity contribution in [3.05, 3.63) is 30.1 Å². The molecule has 1 aromatic carbocycles. The summed E-state index contributed by atoms with van der Waals surface area (Å²) in [7, 11) is 1.46. The number of methoxy groups -OCH3 is 1. The van der Waals surface area contributed by atoms with E-state index in [0.29, 0.717) is 59.0 Å². The molecule has 0 aliphatic heterocycles. The van der Waals surface area contributed by atoms with E-state index in [-0.39, 0.29) is 28.5 Å². The number of carbonyl (C=O) groups excluding carboxylic acids is 2. The summed E-state index contributed by atoms with van der Waals surface area (Å²) in [6.45, 7) is 7.19. The highest BCUT2D eigenvalue weighted by Crippen LogP contribution is 2.67. The van der Waals surface area contributed by atoms with Crippen LogP contribution in [0.1, 0.15) is 85.0 Å². The molecule has 0 unspecified atom stereocenters. The molecular weight excluding hydrogens is 525 g/mol. The Kier molecular flexibility index (Phi) is 8.38. The van der Waals surface area contributed by atoms with E-state index in [0.717, 1.165) is 50.7 Å². The first-order chi connectivity index (χ1) is 19.0. The fraction of sp³-hybridized carbons (Fsp3) is 0.688. The number of esters is 1. The van der Waals surface area contributed by atoms with Gasteiger partial charge in [-0.2, -0.15) is 5.10 Å². The van der Waals surface area contributed by atoms with Gasteiger partial charge in [-0.1, -0.05) is 20.8 Å². The fourth-order valence-corrected chi connectivity index (χ4v) is 9.45. The van der Waals surface area contributed by atoms with Gasteiger partial charge in [-0.05, 0) is 128 Å². The highest BCUT2D eigenvalue weighted by molar-refractivity contribution is 7.80. The van der Waals surface area contributed by atoms with Crippen LogP contribution in [0.4, 0.5) is 10.1 Å². The lowest BCUT2D eigenvalue weighted by atomic mass is 9.44. The summed E-state index contributed by atoms with van der Waals surface area (Å²) in [5, 5.41) is 8.03. The van der Waals surface area contributed by atoms with E-state index < -0.39 is 0 Å². The lowest BCUT2D eigenvalue weighted by Crippen LogP contribution is -2.57. The zero-order valence-corrected chi connectivity index (χ0v) is 25.1. The predicted octanol–water partition coefficient (Wildman–Crippen LogP) is 6.90. The Hall–Kier alpha value is -2.35. The minimum atomic E-state index is -0.292. The Morgan fingerprint density at radius 2 is 1.85 bits per heavy atom. The molecule has 0 aromatic heterocycles. The van der Waals surface area contributed by atoms with E-state index in [1.54, 1.807) is 12.1 Å². The number of thiocarbonyl (C=S) groups is 1. The Morgan fingerprint density at radius 3 is 2.58 bits per heavy atom. The van der Waals surface area contributed by atoms with Crippen molar-refractivity contribution in [2.45, 2.75) is 85.0 Å². The molecule has 5 rings (SSSR count). The number of ketones is 1. The molecule has 0 saturated heterocycles. The summed E-state index contributed by atoms with van der Waals surface area (Å²) in [4.78, 5) is 25.6. The van der Waals surface area contributed by atoms with Gasteiger partial charge in [0, 0.05) is 30.2 Å². The lowest BCUT2D eigenvalue weighted by Gasteiger charge is -2.60. The Balaban J connectivity index is 1.23. The number of Topliss-reactive ketones (excluding diaryl/α,β-unsaturated/α-hetero) is 1. The van der Waals surface area contributed by atoms with Gasteiger partial charge < -0.3 is 10.1 Å². The quantitative estimate of drug-likeness (QED) is 0.221. The third-order valence-corrected chi connectivity index (χ3v) is 11.7. The smallest absolute Gasteiger partial charge is 0.305 e. The third kappa shape index (κ3) is 5.45. The van der Waals surface area contributed by atoms with Crippen molar-refractivity contribution in [3.8, 4) is 0 Å². The summed E-state index contributed by atoms with van der Waals surface area (Å²) in [6.07, 6.45) is 9.35. The molecule has 6 nitrogen and oxygen atoms in total. The van der Waals surface area contributed by atoms with E-state index >= 15 is 0 Å². The van der Waals surface area contributed by atoms with Crippen LogP contribution in [0, 0.1) is 52.2 Å². The van der Waals surface area contributed by atoms with Crippen molar-refractivity contribution in [2.75, 3.05) is 12.4 Å². The van der Waals surface area contributed by atoms with Crippen molar-refractivity contribution in [2.24, 2.45) is 51.4 Å². The summed E-state index contributed by atoms with van der Waals surface area (Å²) < 4.78 is 18.1. The standard InChI is InChI=1S/C32H44FN3O3S/c1-19(5-12-28(38)39-4)24-10-11-25-29-26(14-16-32(24,25)3)31(2)15-13-23(17-20(31)18-27(29)37)35-36-30(40)34-22-8-6-21(33)7-9-22/h6-9,19-20,24-26,29H,5,10-18H2,1-4H3,(H2,34,36,40)/b35-23-/t19-,20+,24-,25+,26+,29+,31+,32-/m1/s1. The number of nitrogens with one attached hydrogen (secondary N) is 2. The van der Waals surface area contributed by atoms with E-state index in [4.69, 9.17) is 17.0 Å². The maximum absolute atomic E-state index is 13.9. The molecule has 0 bridgehead atoms. The molecule has 4 saturated carbocycles. The maximum Gasteiger partial charge on any atom is 0.305 e. The summed E-state index contributed by atoms with van der Waals surface area (Å²) in [5.41, 5.74) is 5.06. The number of benzene rings is 1. The second kappa shape index (κ2) is 11.5. The van der Waals surface area contributed by atoms with Gasteiger partial charge in [0.1, 0.15) is 11.6 Å². The van der Waals surface area contributed by atoms with Crippen molar-refractivity contribution in [1.82, 2.24) is 5.43 Å². The van der Waals surface area contributed by atoms with Gasteiger partial charge in [-0.3, -0.25) is 15.0 Å². The average molecular weight is 570 g/mol. The number of nitrogens with zero attached hydrogens (tertiary/aromatic N) is 1. The molecule has 0 heterocycles. The summed E-state index contributed by atoms with van der Waals surface area (Å²) >= 11 is 5.39. The Morgan fingerprint density at radius 1 is 1.12 bits per heavy atom. The van der Waals surface area contributed by atoms with Crippen LogP contribution in [0.5, 0.6) is 0 Å². The van der Waals surface area contributed by atoms with E-state index in [9.17, 15) is 14.0 Å². The molecule has 8 heteroatoms. The maximum atomic E-state index is 13.9. The van der Waals surface area contributed by atoms with Crippen molar-refractivity contribution >= 4 is 40.5 Å². The first-order valence-electron chi connectivity index (χ1n) is 15.0. The first kappa shape index (κ1) is 29.2. The molecule has 4 aliphatic rings. The molecular formula is C32H44FN3O3S. The highest BCUT2D eigenvalue weighted by Gasteiger charge is 2.62. The van der Waals surface area contributed by atoms with Crippen LogP contribution in [-0.4, -0.2) is 29.7 Å². The molecule has 0 radical (unpaired) electrons. The third-order valence-electron chi connectivity index (χ3n) is 11.5. The van der Waals surface area contributed by atoms with Crippen molar-refractivity contribution in [3.63, 3.8) is 0 Å². The molecule has 4 aliphatic carbocycles. The zero-order valence-electron chi connectivity index (χ0n) is 24.3. The van der Waals surface area contributed by atoms with Crippen LogP contribution in [-0.2, 0) is 14.3 Å². The second-order valence-electron chi connectivity index (χ2n) is 13.4. The number of ether oxygens (including phenoxy) is 1.